The Labute approximate surface area is 107 Å². The van der Waals surface area contributed by atoms with Crippen LogP contribution in [0.4, 0.5) is 5.95 Å². The van der Waals surface area contributed by atoms with Gasteiger partial charge in [0.1, 0.15) is 6.04 Å². The fourth-order valence-electron chi connectivity index (χ4n) is 1.43. The fourth-order valence-corrected chi connectivity index (χ4v) is 1.43. The number of terminal acetylenes is 1. The smallest absolute Gasteiger partial charge is 0.327 e. The first-order chi connectivity index (χ1) is 8.43. The topological polar surface area (TPSA) is 75.1 Å². The molecule has 0 amide bonds. The summed E-state index contributed by atoms with van der Waals surface area (Å²) in [4.78, 5) is 19.4. The van der Waals surface area contributed by atoms with Crippen molar-refractivity contribution in [2.45, 2.75) is 39.2 Å². The van der Waals surface area contributed by atoms with Crippen LogP contribution in [0.1, 0.15) is 37.6 Å². The van der Waals surface area contributed by atoms with Gasteiger partial charge in [0.25, 0.3) is 0 Å². The Balaban J connectivity index is 2.96. The molecular weight excluding hydrogens is 230 g/mol. The van der Waals surface area contributed by atoms with Crippen LogP contribution >= 0.6 is 0 Å². The molecule has 0 aliphatic rings. The number of nitrogens with one attached hydrogen (secondary N) is 1. The van der Waals surface area contributed by atoms with Gasteiger partial charge in [-0.05, 0) is 18.9 Å². The molecule has 0 spiro atoms. The summed E-state index contributed by atoms with van der Waals surface area (Å²) in [7, 11) is 0. The molecule has 96 valence electrons. The molecule has 0 bridgehead atoms. The predicted molar refractivity (Wildman–Crippen MR) is 69.4 cm³/mol. The van der Waals surface area contributed by atoms with Gasteiger partial charge in [-0.2, -0.15) is 0 Å². The second-order valence-corrected chi connectivity index (χ2v) is 4.36. The lowest BCUT2D eigenvalue weighted by molar-refractivity contribution is -0.137. The highest BCUT2D eigenvalue weighted by Gasteiger charge is 2.17. The molecule has 1 unspecified atom stereocenters. The monoisotopic (exact) mass is 247 g/mol. The second kappa shape index (κ2) is 6.01. The number of rotatable bonds is 5. The van der Waals surface area contributed by atoms with E-state index in [9.17, 15) is 4.79 Å². The summed E-state index contributed by atoms with van der Waals surface area (Å²) in [5, 5.41) is 11.8. The van der Waals surface area contributed by atoms with Gasteiger partial charge in [-0.3, -0.25) is 0 Å². The van der Waals surface area contributed by atoms with Crippen LogP contribution in [0.5, 0.6) is 0 Å². The minimum atomic E-state index is -1.01. The van der Waals surface area contributed by atoms with Crippen molar-refractivity contribution in [3.63, 3.8) is 0 Å². The Bertz CT molecular complexity index is 478. The van der Waals surface area contributed by atoms with E-state index in [4.69, 9.17) is 11.5 Å². The Morgan fingerprint density at radius 2 is 2.22 bits per heavy atom. The minimum absolute atomic E-state index is 0.0870. The minimum Gasteiger partial charge on any atom is -0.480 e. The lowest BCUT2D eigenvalue weighted by Crippen LogP contribution is -2.29. The van der Waals surface area contributed by atoms with Crippen LogP contribution in [0.3, 0.4) is 0 Å². The van der Waals surface area contributed by atoms with Gasteiger partial charge in [-0.25, -0.2) is 14.8 Å². The van der Waals surface area contributed by atoms with E-state index in [2.05, 4.69) is 21.2 Å². The van der Waals surface area contributed by atoms with Crippen LogP contribution < -0.4 is 5.32 Å². The Kier molecular flexibility index (Phi) is 4.67. The number of anilines is 1. The van der Waals surface area contributed by atoms with Crippen LogP contribution in [0.2, 0.25) is 0 Å². The van der Waals surface area contributed by atoms with Crippen molar-refractivity contribution in [1.82, 2.24) is 9.97 Å². The van der Waals surface area contributed by atoms with Gasteiger partial charge in [0.05, 0.1) is 0 Å². The van der Waals surface area contributed by atoms with Crippen LogP contribution in [0, 0.1) is 19.3 Å². The molecule has 0 radical (unpaired) electrons. The van der Waals surface area contributed by atoms with Crippen LogP contribution in [-0.2, 0) is 4.79 Å². The first-order valence-electron chi connectivity index (χ1n) is 5.72. The normalized spacial score (nSPS) is 11.9. The summed E-state index contributed by atoms with van der Waals surface area (Å²) in [6.07, 6.45) is 5.22. The van der Waals surface area contributed by atoms with Gasteiger partial charge in [0, 0.05) is 17.8 Å². The summed E-state index contributed by atoms with van der Waals surface area (Å²) in [6.45, 7) is 5.87. The maximum absolute atomic E-state index is 11.0. The summed E-state index contributed by atoms with van der Waals surface area (Å²) in [5.74, 6) is 1.87. The van der Waals surface area contributed by atoms with Crippen molar-refractivity contribution in [2.75, 3.05) is 5.32 Å². The summed E-state index contributed by atoms with van der Waals surface area (Å²) >= 11 is 0. The van der Waals surface area contributed by atoms with E-state index in [0.29, 0.717) is 5.95 Å². The Morgan fingerprint density at radius 3 is 2.72 bits per heavy atom. The van der Waals surface area contributed by atoms with Crippen LogP contribution in [0.25, 0.3) is 0 Å². The number of carboxylic acid groups (broad SMARTS) is 1. The number of aromatic nitrogens is 2. The third-order valence-electron chi connectivity index (χ3n) is 2.39. The number of hydrogen-bond donors (Lipinski definition) is 2. The van der Waals surface area contributed by atoms with Crippen molar-refractivity contribution in [3.8, 4) is 12.3 Å². The predicted octanol–water partition coefficient (Wildman–Crippen LogP) is 1.80. The average molecular weight is 247 g/mol. The molecule has 2 N–H and O–H groups in total. The molecule has 0 aliphatic heterocycles. The lowest BCUT2D eigenvalue weighted by atomic mass is 10.1. The zero-order chi connectivity index (χ0) is 13.7. The molecule has 1 aromatic rings. The van der Waals surface area contributed by atoms with Gasteiger partial charge in [-0.15, -0.1) is 12.3 Å². The van der Waals surface area contributed by atoms with Crippen molar-refractivity contribution < 1.29 is 9.90 Å². The number of hydrogen-bond acceptors (Lipinski definition) is 4. The number of nitrogens with zero attached hydrogens (tertiary/aromatic N) is 2. The quantitative estimate of drug-likeness (QED) is 0.776. The molecule has 1 atom stereocenters. The zero-order valence-electron chi connectivity index (χ0n) is 10.8. The highest BCUT2D eigenvalue weighted by Crippen LogP contribution is 2.15. The summed E-state index contributed by atoms with van der Waals surface area (Å²) in [5.41, 5.74) is 1.66. The molecule has 0 saturated heterocycles. The highest BCUT2D eigenvalue weighted by atomic mass is 16.4. The molecule has 5 nitrogen and oxygen atoms in total. The summed E-state index contributed by atoms with van der Waals surface area (Å²) in [6, 6.07) is 1.02. The lowest BCUT2D eigenvalue weighted by Gasteiger charge is -2.14. The standard InChI is InChI=1S/C13H17N3O2/c1-5-6-10(12(17)18)15-13-14-9(4)7-11(16-13)8(2)3/h1,7-8,10H,6H2,2-4H3,(H,17,18)(H,14,15,16). The molecule has 18 heavy (non-hydrogen) atoms. The van der Waals surface area contributed by atoms with E-state index in [1.807, 2.05) is 26.8 Å². The van der Waals surface area contributed by atoms with E-state index in [1.165, 1.54) is 0 Å². The number of aliphatic carboxylic acids is 1. The summed E-state index contributed by atoms with van der Waals surface area (Å²) < 4.78 is 0. The third kappa shape index (κ3) is 3.74. The third-order valence-corrected chi connectivity index (χ3v) is 2.39. The first-order valence-corrected chi connectivity index (χ1v) is 5.72. The van der Waals surface area contributed by atoms with E-state index in [-0.39, 0.29) is 12.3 Å². The SMILES string of the molecule is C#CCC(Nc1nc(C)cc(C(C)C)n1)C(=O)O. The Morgan fingerprint density at radius 1 is 1.56 bits per heavy atom. The molecular formula is C13H17N3O2. The molecule has 1 aromatic heterocycles. The van der Waals surface area contributed by atoms with Crippen molar-refractivity contribution in [3.05, 3.63) is 17.5 Å². The maximum Gasteiger partial charge on any atom is 0.327 e. The van der Waals surface area contributed by atoms with E-state index >= 15 is 0 Å². The van der Waals surface area contributed by atoms with E-state index in [0.717, 1.165) is 11.4 Å². The van der Waals surface area contributed by atoms with Crippen molar-refractivity contribution in [2.24, 2.45) is 0 Å². The van der Waals surface area contributed by atoms with Crippen LogP contribution in [0.15, 0.2) is 6.07 Å². The zero-order valence-corrected chi connectivity index (χ0v) is 10.8. The molecule has 0 aromatic carbocycles. The fraction of sp³-hybridized carbons (Fsp3) is 0.462. The molecule has 1 rings (SSSR count). The van der Waals surface area contributed by atoms with Gasteiger partial charge in [0.2, 0.25) is 5.95 Å². The first kappa shape index (κ1) is 14.0. The van der Waals surface area contributed by atoms with Gasteiger partial charge in [0.15, 0.2) is 0 Å². The highest BCUT2D eigenvalue weighted by molar-refractivity contribution is 5.76. The van der Waals surface area contributed by atoms with Gasteiger partial charge >= 0.3 is 5.97 Å². The number of carboxylic acids is 1. The van der Waals surface area contributed by atoms with E-state index < -0.39 is 12.0 Å². The largest absolute Gasteiger partial charge is 0.480 e. The van der Waals surface area contributed by atoms with Gasteiger partial charge < -0.3 is 10.4 Å². The molecule has 0 aliphatic carbocycles. The number of aryl methyl sites for hydroxylation is 1. The van der Waals surface area contributed by atoms with Crippen LogP contribution in [-0.4, -0.2) is 27.1 Å². The molecule has 5 heteroatoms. The molecule has 0 fully saturated rings. The second-order valence-electron chi connectivity index (χ2n) is 4.36. The van der Waals surface area contributed by atoms with Crippen molar-refractivity contribution in [1.29, 1.82) is 0 Å². The Hall–Kier alpha value is -2.09. The van der Waals surface area contributed by atoms with E-state index in [1.54, 1.807) is 0 Å². The number of carbonyl (C=O) groups is 1. The molecule has 0 saturated carbocycles. The average Bonchev–Trinajstić information content (AvgIpc) is 2.27. The maximum atomic E-state index is 11.0. The molecule has 1 heterocycles. The van der Waals surface area contributed by atoms with Gasteiger partial charge in [-0.1, -0.05) is 13.8 Å². The van der Waals surface area contributed by atoms with Crippen molar-refractivity contribution >= 4 is 11.9 Å².